The van der Waals surface area contributed by atoms with E-state index in [4.69, 9.17) is 14.2 Å². The van der Waals surface area contributed by atoms with E-state index in [1.165, 1.54) is 180 Å². The molecule has 6 nitrogen and oxygen atoms in total. The Bertz CT molecular complexity index is 1360. The van der Waals surface area contributed by atoms with E-state index in [-0.39, 0.29) is 31.1 Å². The van der Waals surface area contributed by atoms with Crippen molar-refractivity contribution in [3.05, 3.63) is 72.9 Å². The Hall–Kier alpha value is -3.15. The van der Waals surface area contributed by atoms with Gasteiger partial charge in [0.15, 0.2) is 6.10 Å². The van der Waals surface area contributed by atoms with Gasteiger partial charge in [0.05, 0.1) is 0 Å². The minimum Gasteiger partial charge on any atom is -0.462 e. The van der Waals surface area contributed by atoms with Crippen molar-refractivity contribution in [3.8, 4) is 0 Å². The van der Waals surface area contributed by atoms with Crippen LogP contribution in [0.2, 0.25) is 0 Å². The van der Waals surface area contributed by atoms with Crippen molar-refractivity contribution in [3.63, 3.8) is 0 Å². The number of rotatable bonds is 57. The van der Waals surface area contributed by atoms with Crippen LogP contribution in [0.1, 0.15) is 316 Å². The van der Waals surface area contributed by atoms with Gasteiger partial charge in [-0.25, -0.2) is 0 Å². The highest BCUT2D eigenvalue weighted by molar-refractivity contribution is 5.71. The highest BCUT2D eigenvalue weighted by Gasteiger charge is 2.19. The molecule has 0 aromatic carbocycles. The molecule has 0 spiro atoms. The number of allylic oxidation sites excluding steroid dienone is 12. The lowest BCUT2D eigenvalue weighted by Crippen LogP contribution is -2.30. The van der Waals surface area contributed by atoms with E-state index < -0.39 is 6.10 Å². The summed E-state index contributed by atoms with van der Waals surface area (Å²) in [5.74, 6) is -0.877. The van der Waals surface area contributed by atoms with Crippen LogP contribution in [0, 0.1) is 0 Å². The molecule has 6 heteroatoms. The average molecular weight is 1020 g/mol. The minimum absolute atomic E-state index is 0.0771. The average Bonchev–Trinajstić information content (AvgIpc) is 3.39. The van der Waals surface area contributed by atoms with Gasteiger partial charge in [-0.2, -0.15) is 0 Å². The van der Waals surface area contributed by atoms with Crippen LogP contribution in [0.15, 0.2) is 72.9 Å². The fourth-order valence-electron chi connectivity index (χ4n) is 9.00. The highest BCUT2D eigenvalue weighted by atomic mass is 16.6. The van der Waals surface area contributed by atoms with Crippen LogP contribution < -0.4 is 0 Å². The molecule has 0 aliphatic rings. The SMILES string of the molecule is CC/C=C\C/C=C\C/C=C\CCCCCCCCCC(=O)OC(COC(=O)CCCCCCCCCCCCC)COC(=O)CCCCCCCCCCCCCC/C=C\C/C=C\C/C=C\CCCCCCC. The molecule has 0 fully saturated rings. The summed E-state index contributed by atoms with van der Waals surface area (Å²) < 4.78 is 16.9. The van der Waals surface area contributed by atoms with Crippen molar-refractivity contribution in [2.24, 2.45) is 0 Å². The van der Waals surface area contributed by atoms with Gasteiger partial charge in [0.25, 0.3) is 0 Å². The van der Waals surface area contributed by atoms with Gasteiger partial charge in [-0.1, -0.05) is 280 Å². The molecule has 0 aliphatic carbocycles. The minimum atomic E-state index is -0.780. The zero-order valence-corrected chi connectivity index (χ0v) is 48.4. The summed E-state index contributed by atoms with van der Waals surface area (Å²) in [5, 5.41) is 0. The second kappa shape index (κ2) is 61.4. The number of hydrogen-bond acceptors (Lipinski definition) is 6. The zero-order chi connectivity index (χ0) is 52.9. The molecule has 0 aromatic heterocycles. The quantitative estimate of drug-likeness (QED) is 0.0261. The fraction of sp³-hybridized carbons (Fsp3) is 0.776. The number of ether oxygens (including phenoxy) is 3. The summed E-state index contributed by atoms with van der Waals surface area (Å²) in [6.45, 7) is 6.53. The van der Waals surface area contributed by atoms with Crippen molar-refractivity contribution in [1.29, 1.82) is 0 Å². The first-order chi connectivity index (χ1) is 36.0. The number of unbranched alkanes of at least 4 members (excludes halogenated alkanes) is 34. The third kappa shape index (κ3) is 59.6. The van der Waals surface area contributed by atoms with Gasteiger partial charge in [-0.15, -0.1) is 0 Å². The molecule has 0 rings (SSSR count). The second-order valence-electron chi connectivity index (χ2n) is 20.9. The molecule has 0 aliphatic heterocycles. The first kappa shape index (κ1) is 69.8. The Morgan fingerprint density at radius 2 is 0.534 bits per heavy atom. The second-order valence-corrected chi connectivity index (χ2v) is 20.9. The van der Waals surface area contributed by atoms with Crippen LogP contribution in [-0.4, -0.2) is 37.2 Å². The Balaban J connectivity index is 4.24. The van der Waals surface area contributed by atoms with Gasteiger partial charge >= 0.3 is 17.9 Å². The molecular weight excluding hydrogens is 901 g/mol. The molecule has 0 radical (unpaired) electrons. The summed E-state index contributed by atoms with van der Waals surface area (Å²) in [5.41, 5.74) is 0. The van der Waals surface area contributed by atoms with E-state index in [0.717, 1.165) is 96.3 Å². The van der Waals surface area contributed by atoms with E-state index in [1.54, 1.807) is 0 Å². The number of carbonyl (C=O) groups is 3. The predicted octanol–water partition coefficient (Wildman–Crippen LogP) is 21.3. The molecule has 0 amide bonds. The molecule has 0 bridgehead atoms. The summed E-state index contributed by atoms with van der Waals surface area (Å²) in [6, 6.07) is 0. The van der Waals surface area contributed by atoms with Crippen LogP contribution in [0.5, 0.6) is 0 Å². The molecule has 0 saturated heterocycles. The van der Waals surface area contributed by atoms with Crippen molar-refractivity contribution in [1.82, 2.24) is 0 Å². The van der Waals surface area contributed by atoms with Crippen molar-refractivity contribution in [2.75, 3.05) is 13.2 Å². The van der Waals surface area contributed by atoms with Gasteiger partial charge in [0, 0.05) is 19.3 Å². The molecule has 1 atom stereocenters. The van der Waals surface area contributed by atoms with Gasteiger partial charge < -0.3 is 14.2 Å². The number of hydrogen-bond donors (Lipinski definition) is 0. The Morgan fingerprint density at radius 1 is 0.288 bits per heavy atom. The molecule has 0 N–H and O–H groups in total. The fourth-order valence-corrected chi connectivity index (χ4v) is 9.00. The highest BCUT2D eigenvalue weighted by Crippen LogP contribution is 2.16. The summed E-state index contributed by atoms with van der Waals surface area (Å²) in [7, 11) is 0. The Morgan fingerprint density at radius 3 is 0.836 bits per heavy atom. The maximum atomic E-state index is 12.9. The molecule has 0 aromatic rings. The van der Waals surface area contributed by atoms with Crippen molar-refractivity contribution in [2.45, 2.75) is 322 Å². The number of carbonyl (C=O) groups excluding carboxylic acids is 3. The van der Waals surface area contributed by atoms with Gasteiger partial charge in [0.2, 0.25) is 0 Å². The van der Waals surface area contributed by atoms with E-state index in [1.807, 2.05) is 0 Å². The monoisotopic (exact) mass is 1020 g/mol. The number of esters is 3. The Kier molecular flexibility index (Phi) is 58.7. The van der Waals surface area contributed by atoms with Crippen LogP contribution in [0.25, 0.3) is 0 Å². The third-order valence-electron chi connectivity index (χ3n) is 13.7. The van der Waals surface area contributed by atoms with E-state index in [2.05, 4.69) is 93.7 Å². The maximum absolute atomic E-state index is 12.9. The summed E-state index contributed by atoms with van der Waals surface area (Å²) >= 11 is 0. The first-order valence-electron chi connectivity index (χ1n) is 31.4. The van der Waals surface area contributed by atoms with Crippen LogP contribution in [0.4, 0.5) is 0 Å². The molecular formula is C67H118O6. The topological polar surface area (TPSA) is 78.9 Å². The van der Waals surface area contributed by atoms with Crippen LogP contribution in [0.3, 0.4) is 0 Å². The van der Waals surface area contributed by atoms with Crippen LogP contribution in [-0.2, 0) is 28.6 Å². The maximum Gasteiger partial charge on any atom is 0.306 e. The molecule has 73 heavy (non-hydrogen) atoms. The zero-order valence-electron chi connectivity index (χ0n) is 48.4. The first-order valence-corrected chi connectivity index (χ1v) is 31.4. The summed E-state index contributed by atoms with van der Waals surface area (Å²) in [4.78, 5) is 38.2. The Labute approximate surface area is 453 Å². The third-order valence-corrected chi connectivity index (χ3v) is 13.7. The molecule has 1 unspecified atom stereocenters. The van der Waals surface area contributed by atoms with Gasteiger partial charge in [-0.05, 0) is 89.9 Å². The lowest BCUT2D eigenvalue weighted by atomic mass is 10.0. The predicted molar refractivity (Wildman–Crippen MR) is 316 cm³/mol. The van der Waals surface area contributed by atoms with Crippen molar-refractivity contribution < 1.29 is 28.6 Å². The van der Waals surface area contributed by atoms with Crippen molar-refractivity contribution >= 4 is 17.9 Å². The van der Waals surface area contributed by atoms with E-state index in [9.17, 15) is 14.4 Å². The van der Waals surface area contributed by atoms with Gasteiger partial charge in [0.1, 0.15) is 13.2 Å². The summed E-state index contributed by atoms with van der Waals surface area (Å²) in [6.07, 6.45) is 79.1. The van der Waals surface area contributed by atoms with Gasteiger partial charge in [-0.3, -0.25) is 14.4 Å². The molecule has 0 saturated carbocycles. The van der Waals surface area contributed by atoms with E-state index >= 15 is 0 Å². The molecule has 0 heterocycles. The normalized spacial score (nSPS) is 12.5. The molecule has 422 valence electrons. The van der Waals surface area contributed by atoms with Crippen LogP contribution >= 0.6 is 0 Å². The lowest BCUT2D eigenvalue weighted by Gasteiger charge is -2.18. The largest absolute Gasteiger partial charge is 0.462 e. The lowest BCUT2D eigenvalue weighted by molar-refractivity contribution is -0.167. The van der Waals surface area contributed by atoms with E-state index in [0.29, 0.717) is 19.3 Å². The smallest absolute Gasteiger partial charge is 0.306 e. The standard InChI is InChI=1S/C67H118O6/c1-4-7-10-13-16-19-22-24-26-28-29-30-31-32-33-34-35-36-37-39-40-42-45-48-51-54-57-60-66(69)72-63-64(62-71-65(68)59-56-53-50-47-44-21-18-15-12-9-6-3)73-67(70)61-58-55-52-49-46-43-41-38-27-25-23-20-17-14-11-8-5-2/h8,11,17,20,22,24-25,27-29,31-32,64H,4-7,9-10,12-16,18-19,21,23,26,30,33-63H2,1-3H3/b11-8-,20-17-,24-22-,27-25-,29-28-,32-31-.